The summed E-state index contributed by atoms with van der Waals surface area (Å²) in [6, 6.07) is 8.16. The number of hydrogen-bond acceptors (Lipinski definition) is 1. The lowest BCUT2D eigenvalue weighted by molar-refractivity contribution is -0.118. The Labute approximate surface area is 98.3 Å². The molecule has 0 spiro atoms. The van der Waals surface area contributed by atoms with E-state index in [-0.39, 0.29) is 5.91 Å². The molecule has 2 heteroatoms. The SMILES string of the molecule is CCCCN(C(=O)CC)c1ccc(C)cc1. The van der Waals surface area contributed by atoms with Crippen molar-refractivity contribution < 1.29 is 4.79 Å². The Hall–Kier alpha value is -1.31. The highest BCUT2D eigenvalue weighted by Crippen LogP contribution is 2.16. The van der Waals surface area contributed by atoms with Crippen LogP contribution >= 0.6 is 0 Å². The molecule has 0 unspecified atom stereocenters. The van der Waals surface area contributed by atoms with E-state index >= 15 is 0 Å². The second kappa shape index (κ2) is 6.31. The first-order valence-corrected chi connectivity index (χ1v) is 6.06. The second-order valence-electron chi connectivity index (χ2n) is 4.09. The lowest BCUT2D eigenvalue weighted by Crippen LogP contribution is -2.31. The maximum atomic E-state index is 11.8. The number of hydrogen-bond donors (Lipinski definition) is 0. The van der Waals surface area contributed by atoms with E-state index in [2.05, 4.69) is 26.0 Å². The van der Waals surface area contributed by atoms with Gasteiger partial charge >= 0.3 is 0 Å². The van der Waals surface area contributed by atoms with Crippen LogP contribution in [0, 0.1) is 6.92 Å². The molecule has 0 radical (unpaired) electrons. The van der Waals surface area contributed by atoms with Crippen molar-refractivity contribution in [2.75, 3.05) is 11.4 Å². The number of amides is 1. The number of rotatable bonds is 5. The van der Waals surface area contributed by atoms with Gasteiger partial charge < -0.3 is 4.90 Å². The topological polar surface area (TPSA) is 20.3 Å². The van der Waals surface area contributed by atoms with Gasteiger partial charge in [0.2, 0.25) is 5.91 Å². The molecule has 0 heterocycles. The van der Waals surface area contributed by atoms with Gasteiger partial charge in [0.05, 0.1) is 0 Å². The number of carbonyl (C=O) groups excluding carboxylic acids is 1. The van der Waals surface area contributed by atoms with E-state index in [9.17, 15) is 4.79 Å². The second-order valence-corrected chi connectivity index (χ2v) is 4.09. The molecule has 1 aromatic carbocycles. The van der Waals surface area contributed by atoms with Crippen LogP contribution < -0.4 is 4.90 Å². The average Bonchev–Trinajstić information content (AvgIpc) is 2.31. The van der Waals surface area contributed by atoms with Crippen molar-refractivity contribution in [3.63, 3.8) is 0 Å². The Kier molecular flexibility index (Phi) is 5.03. The van der Waals surface area contributed by atoms with E-state index in [1.165, 1.54) is 5.56 Å². The Morgan fingerprint density at radius 2 is 1.81 bits per heavy atom. The summed E-state index contributed by atoms with van der Waals surface area (Å²) in [5, 5.41) is 0. The number of carbonyl (C=O) groups is 1. The molecule has 0 bridgehead atoms. The van der Waals surface area contributed by atoms with Gasteiger partial charge in [0.15, 0.2) is 0 Å². The molecule has 1 rings (SSSR count). The number of aryl methyl sites for hydroxylation is 1. The fraction of sp³-hybridized carbons (Fsp3) is 0.500. The van der Waals surface area contributed by atoms with Gasteiger partial charge in [0.1, 0.15) is 0 Å². The highest BCUT2D eigenvalue weighted by Gasteiger charge is 2.12. The molecule has 88 valence electrons. The van der Waals surface area contributed by atoms with E-state index in [0.717, 1.165) is 25.1 Å². The van der Waals surface area contributed by atoms with Crippen molar-refractivity contribution in [1.82, 2.24) is 0 Å². The molecule has 16 heavy (non-hydrogen) atoms. The predicted octanol–water partition coefficient (Wildman–Crippen LogP) is 3.54. The third-order valence-corrected chi connectivity index (χ3v) is 2.68. The molecule has 1 amide bonds. The summed E-state index contributed by atoms with van der Waals surface area (Å²) in [7, 11) is 0. The molecule has 0 saturated heterocycles. The molecular weight excluding hydrogens is 198 g/mol. The normalized spacial score (nSPS) is 10.2. The van der Waals surface area contributed by atoms with Crippen LogP contribution in [-0.2, 0) is 4.79 Å². The van der Waals surface area contributed by atoms with Crippen molar-refractivity contribution in [3.8, 4) is 0 Å². The summed E-state index contributed by atoms with van der Waals surface area (Å²) in [6.45, 7) is 6.94. The van der Waals surface area contributed by atoms with Crippen LogP contribution in [0.3, 0.4) is 0 Å². The summed E-state index contributed by atoms with van der Waals surface area (Å²) in [4.78, 5) is 13.7. The molecule has 2 nitrogen and oxygen atoms in total. The first-order chi connectivity index (χ1) is 7.69. The fourth-order valence-corrected chi connectivity index (χ4v) is 1.63. The summed E-state index contributed by atoms with van der Waals surface area (Å²) >= 11 is 0. The third kappa shape index (κ3) is 3.37. The third-order valence-electron chi connectivity index (χ3n) is 2.68. The number of unbranched alkanes of at least 4 members (excludes halogenated alkanes) is 1. The molecular formula is C14H21NO. The average molecular weight is 219 g/mol. The smallest absolute Gasteiger partial charge is 0.226 e. The molecule has 0 aliphatic rings. The highest BCUT2D eigenvalue weighted by atomic mass is 16.2. The van der Waals surface area contributed by atoms with Crippen molar-refractivity contribution >= 4 is 11.6 Å². The minimum Gasteiger partial charge on any atom is -0.312 e. The highest BCUT2D eigenvalue weighted by molar-refractivity contribution is 5.93. The van der Waals surface area contributed by atoms with Crippen molar-refractivity contribution in [2.24, 2.45) is 0 Å². The van der Waals surface area contributed by atoms with Gasteiger partial charge in [-0.1, -0.05) is 38.0 Å². The molecule has 0 fully saturated rings. The van der Waals surface area contributed by atoms with Gasteiger partial charge in [0.25, 0.3) is 0 Å². The Morgan fingerprint density at radius 1 is 1.19 bits per heavy atom. The minimum atomic E-state index is 0.206. The van der Waals surface area contributed by atoms with Gasteiger partial charge in [-0.3, -0.25) is 4.79 Å². The van der Waals surface area contributed by atoms with Gasteiger partial charge in [-0.15, -0.1) is 0 Å². The van der Waals surface area contributed by atoms with E-state index in [1.54, 1.807) is 0 Å². The van der Waals surface area contributed by atoms with Crippen LogP contribution in [0.5, 0.6) is 0 Å². The Balaban J connectivity index is 2.82. The molecule has 0 aliphatic carbocycles. The standard InChI is InChI=1S/C14H21NO/c1-4-6-11-15(14(16)5-2)13-9-7-12(3)8-10-13/h7-10H,4-6,11H2,1-3H3. The number of nitrogens with zero attached hydrogens (tertiary/aromatic N) is 1. The molecule has 0 aliphatic heterocycles. The van der Waals surface area contributed by atoms with E-state index < -0.39 is 0 Å². The summed E-state index contributed by atoms with van der Waals surface area (Å²) in [5.41, 5.74) is 2.24. The zero-order valence-corrected chi connectivity index (χ0v) is 10.5. The molecule has 0 atom stereocenters. The quantitative estimate of drug-likeness (QED) is 0.741. The maximum Gasteiger partial charge on any atom is 0.226 e. The monoisotopic (exact) mass is 219 g/mol. The van der Waals surface area contributed by atoms with Gasteiger partial charge in [0, 0.05) is 18.7 Å². The van der Waals surface area contributed by atoms with Crippen molar-refractivity contribution in [1.29, 1.82) is 0 Å². The lowest BCUT2D eigenvalue weighted by atomic mass is 10.2. The van der Waals surface area contributed by atoms with Crippen LogP contribution in [0.1, 0.15) is 38.7 Å². The summed E-state index contributed by atoms with van der Waals surface area (Å²) in [5.74, 6) is 0.206. The lowest BCUT2D eigenvalue weighted by Gasteiger charge is -2.22. The molecule has 0 saturated carbocycles. The number of benzene rings is 1. The zero-order chi connectivity index (χ0) is 12.0. The zero-order valence-electron chi connectivity index (χ0n) is 10.5. The Morgan fingerprint density at radius 3 is 2.31 bits per heavy atom. The van der Waals surface area contributed by atoms with E-state index in [1.807, 2.05) is 24.0 Å². The summed E-state index contributed by atoms with van der Waals surface area (Å²) < 4.78 is 0. The van der Waals surface area contributed by atoms with Crippen LogP contribution in [-0.4, -0.2) is 12.5 Å². The van der Waals surface area contributed by atoms with Gasteiger partial charge in [-0.05, 0) is 25.5 Å². The van der Waals surface area contributed by atoms with Crippen LogP contribution in [0.15, 0.2) is 24.3 Å². The van der Waals surface area contributed by atoms with Crippen LogP contribution in [0.25, 0.3) is 0 Å². The first-order valence-electron chi connectivity index (χ1n) is 6.06. The maximum absolute atomic E-state index is 11.8. The molecule has 0 N–H and O–H groups in total. The van der Waals surface area contributed by atoms with Gasteiger partial charge in [-0.25, -0.2) is 0 Å². The summed E-state index contributed by atoms with van der Waals surface area (Å²) in [6.07, 6.45) is 2.73. The first kappa shape index (κ1) is 12.8. The van der Waals surface area contributed by atoms with Crippen molar-refractivity contribution in [3.05, 3.63) is 29.8 Å². The fourth-order valence-electron chi connectivity index (χ4n) is 1.63. The van der Waals surface area contributed by atoms with E-state index in [0.29, 0.717) is 6.42 Å². The molecule has 1 aromatic rings. The minimum absolute atomic E-state index is 0.206. The Bertz CT molecular complexity index is 329. The van der Waals surface area contributed by atoms with E-state index in [4.69, 9.17) is 0 Å². The van der Waals surface area contributed by atoms with Crippen LogP contribution in [0.4, 0.5) is 5.69 Å². The number of anilines is 1. The predicted molar refractivity (Wildman–Crippen MR) is 68.7 cm³/mol. The van der Waals surface area contributed by atoms with Gasteiger partial charge in [-0.2, -0.15) is 0 Å². The largest absolute Gasteiger partial charge is 0.312 e. The van der Waals surface area contributed by atoms with Crippen molar-refractivity contribution in [2.45, 2.75) is 40.0 Å². The van der Waals surface area contributed by atoms with Crippen LogP contribution in [0.2, 0.25) is 0 Å². The molecule has 0 aromatic heterocycles.